The summed E-state index contributed by atoms with van der Waals surface area (Å²) < 4.78 is 0. The number of aryl methyl sites for hydroxylation is 1. The lowest BCUT2D eigenvalue weighted by molar-refractivity contribution is 0.0756. The molecule has 2 atom stereocenters. The molecule has 6 nitrogen and oxygen atoms in total. The fraction of sp³-hybridized carbons (Fsp3) is 0.636. The molecule has 7 heteroatoms. The van der Waals surface area contributed by atoms with Gasteiger partial charge in [0.25, 0.3) is 5.91 Å². The number of benzene rings is 1. The van der Waals surface area contributed by atoms with Gasteiger partial charge >= 0.3 is 6.03 Å². The number of hydrogen-bond donors (Lipinski definition) is 4. The van der Waals surface area contributed by atoms with Crippen LogP contribution < -0.4 is 21.7 Å². The summed E-state index contributed by atoms with van der Waals surface area (Å²) >= 11 is 0. The maximum Gasteiger partial charge on any atom is 0.319 e. The van der Waals surface area contributed by atoms with E-state index >= 15 is 0 Å². The van der Waals surface area contributed by atoms with E-state index in [2.05, 4.69) is 16.0 Å². The molecule has 0 spiro atoms. The molecule has 2 saturated carbocycles. The fourth-order valence-electron chi connectivity index (χ4n) is 4.65. The van der Waals surface area contributed by atoms with Crippen molar-refractivity contribution in [3.8, 4) is 0 Å². The first-order valence-electron chi connectivity index (χ1n) is 10.4. The number of fused-ring (bicyclic) bond motifs is 2. The number of carbonyl (C=O) groups excluding carboxylic acids is 2. The van der Waals surface area contributed by atoms with E-state index in [-0.39, 0.29) is 42.0 Å². The standard InChI is InChI=1S/C22H34N4O2.ClH/c1-13-8-9-16(12-18(13)24-21(28)26-22(2,3)4)20(27)25-19-14-6-5-7-15(19)11-17(23)10-14;/h8-9,12,14-15,17,19H,5-7,10-11,23H2,1-4H3,(H,25,27)(H2,24,26,28);1H. The van der Waals surface area contributed by atoms with Crippen LogP contribution >= 0.6 is 12.4 Å². The summed E-state index contributed by atoms with van der Waals surface area (Å²) in [4.78, 5) is 25.1. The zero-order chi connectivity index (χ0) is 20.5. The molecule has 2 bridgehead atoms. The molecule has 0 aromatic heterocycles. The Balaban J connectivity index is 0.00000300. The summed E-state index contributed by atoms with van der Waals surface area (Å²) in [5, 5.41) is 9.02. The van der Waals surface area contributed by atoms with Crippen LogP contribution in [0.3, 0.4) is 0 Å². The van der Waals surface area contributed by atoms with Gasteiger partial charge in [-0.05, 0) is 82.9 Å². The van der Waals surface area contributed by atoms with Gasteiger partial charge < -0.3 is 21.7 Å². The minimum Gasteiger partial charge on any atom is -0.349 e. The van der Waals surface area contributed by atoms with Crippen LogP contribution in [0.2, 0.25) is 0 Å². The van der Waals surface area contributed by atoms with Crippen LogP contribution in [0.1, 0.15) is 68.8 Å². The highest BCUT2D eigenvalue weighted by molar-refractivity contribution is 5.97. The van der Waals surface area contributed by atoms with Crippen LogP contribution in [0.4, 0.5) is 10.5 Å². The molecule has 0 heterocycles. The Bertz CT molecular complexity index is 733. The molecule has 162 valence electrons. The van der Waals surface area contributed by atoms with E-state index in [4.69, 9.17) is 5.73 Å². The molecular weight excluding hydrogens is 388 g/mol. The van der Waals surface area contributed by atoms with Gasteiger partial charge in [0.2, 0.25) is 0 Å². The number of hydrogen-bond acceptors (Lipinski definition) is 3. The van der Waals surface area contributed by atoms with Gasteiger partial charge in [-0.1, -0.05) is 12.5 Å². The Morgan fingerprint density at radius 3 is 2.31 bits per heavy atom. The van der Waals surface area contributed by atoms with Crippen molar-refractivity contribution in [2.75, 3.05) is 5.32 Å². The predicted molar refractivity (Wildman–Crippen MR) is 120 cm³/mol. The number of rotatable bonds is 3. The number of anilines is 1. The first-order chi connectivity index (χ1) is 13.1. The lowest BCUT2D eigenvalue weighted by atomic mass is 9.67. The maximum absolute atomic E-state index is 12.9. The first kappa shape index (κ1) is 23.5. The Morgan fingerprint density at radius 1 is 1.10 bits per heavy atom. The topological polar surface area (TPSA) is 96.2 Å². The molecule has 2 aliphatic carbocycles. The van der Waals surface area contributed by atoms with Crippen molar-refractivity contribution in [1.29, 1.82) is 0 Å². The Morgan fingerprint density at radius 2 is 1.72 bits per heavy atom. The number of amides is 3. The first-order valence-corrected chi connectivity index (χ1v) is 10.4. The Labute approximate surface area is 180 Å². The van der Waals surface area contributed by atoms with Crippen LogP contribution in [0.15, 0.2) is 18.2 Å². The molecule has 2 fully saturated rings. The molecule has 0 aliphatic heterocycles. The highest BCUT2D eigenvalue weighted by atomic mass is 35.5. The minimum absolute atomic E-state index is 0. The molecule has 3 rings (SSSR count). The Hall–Kier alpha value is -1.79. The second kappa shape index (κ2) is 9.35. The lowest BCUT2D eigenvalue weighted by Crippen LogP contribution is -2.53. The predicted octanol–water partition coefficient (Wildman–Crippen LogP) is 3.97. The summed E-state index contributed by atoms with van der Waals surface area (Å²) in [5.41, 5.74) is 8.01. The van der Waals surface area contributed by atoms with Crippen LogP contribution in [0.25, 0.3) is 0 Å². The van der Waals surface area contributed by atoms with E-state index in [0.29, 0.717) is 23.1 Å². The molecule has 0 saturated heterocycles. The lowest BCUT2D eigenvalue weighted by Gasteiger charge is -2.45. The van der Waals surface area contributed by atoms with Crippen LogP contribution in [0, 0.1) is 18.8 Å². The summed E-state index contributed by atoms with van der Waals surface area (Å²) in [6, 6.07) is 5.66. The molecule has 1 aromatic rings. The number of carbonyl (C=O) groups is 2. The van der Waals surface area contributed by atoms with Crippen molar-refractivity contribution in [2.45, 2.75) is 77.4 Å². The third-order valence-electron chi connectivity index (χ3n) is 5.91. The molecule has 1 aromatic carbocycles. The van der Waals surface area contributed by atoms with E-state index in [1.54, 1.807) is 6.07 Å². The highest BCUT2D eigenvalue weighted by Crippen LogP contribution is 2.39. The molecule has 0 radical (unpaired) electrons. The van der Waals surface area contributed by atoms with Gasteiger partial charge in [-0.2, -0.15) is 0 Å². The van der Waals surface area contributed by atoms with E-state index in [0.717, 1.165) is 31.2 Å². The third kappa shape index (κ3) is 6.09. The monoisotopic (exact) mass is 422 g/mol. The van der Waals surface area contributed by atoms with E-state index in [1.165, 1.54) is 6.42 Å². The molecule has 5 N–H and O–H groups in total. The van der Waals surface area contributed by atoms with Crippen LogP contribution in [0.5, 0.6) is 0 Å². The maximum atomic E-state index is 12.9. The van der Waals surface area contributed by atoms with Crippen molar-refractivity contribution in [3.05, 3.63) is 29.3 Å². The number of halogens is 1. The summed E-state index contributed by atoms with van der Waals surface area (Å²) in [7, 11) is 0. The van der Waals surface area contributed by atoms with Gasteiger partial charge in [-0.3, -0.25) is 4.79 Å². The average Bonchev–Trinajstić information content (AvgIpc) is 2.56. The van der Waals surface area contributed by atoms with Gasteiger partial charge in [0, 0.05) is 28.9 Å². The summed E-state index contributed by atoms with van der Waals surface area (Å²) in [5.74, 6) is 0.885. The van der Waals surface area contributed by atoms with E-state index in [9.17, 15) is 9.59 Å². The normalized spacial score (nSPS) is 26.1. The largest absolute Gasteiger partial charge is 0.349 e. The average molecular weight is 423 g/mol. The van der Waals surface area contributed by atoms with Gasteiger partial charge in [-0.25, -0.2) is 4.79 Å². The second-order valence-electron chi connectivity index (χ2n) is 9.54. The van der Waals surface area contributed by atoms with Gasteiger partial charge in [0.1, 0.15) is 0 Å². The van der Waals surface area contributed by atoms with E-state index in [1.807, 2.05) is 39.8 Å². The zero-order valence-corrected chi connectivity index (χ0v) is 18.7. The summed E-state index contributed by atoms with van der Waals surface area (Å²) in [6.07, 6.45) is 5.51. The van der Waals surface area contributed by atoms with Crippen molar-refractivity contribution in [2.24, 2.45) is 17.6 Å². The number of urea groups is 1. The molecule has 2 unspecified atom stereocenters. The number of nitrogens with one attached hydrogen (secondary N) is 3. The molecule has 3 amide bonds. The van der Waals surface area contributed by atoms with Crippen LogP contribution in [-0.4, -0.2) is 29.6 Å². The summed E-state index contributed by atoms with van der Waals surface area (Å²) in [6.45, 7) is 7.70. The SMILES string of the molecule is Cc1ccc(C(=O)NC2C3CCCC2CC(N)C3)cc1NC(=O)NC(C)(C)C.Cl. The third-order valence-corrected chi connectivity index (χ3v) is 5.91. The molecule has 29 heavy (non-hydrogen) atoms. The fourth-order valence-corrected chi connectivity index (χ4v) is 4.65. The van der Waals surface area contributed by atoms with Gasteiger partial charge in [0.05, 0.1) is 0 Å². The van der Waals surface area contributed by atoms with Crippen molar-refractivity contribution >= 4 is 30.0 Å². The van der Waals surface area contributed by atoms with Crippen molar-refractivity contribution in [1.82, 2.24) is 10.6 Å². The quantitative estimate of drug-likeness (QED) is 0.593. The Kier molecular flexibility index (Phi) is 7.57. The van der Waals surface area contributed by atoms with Gasteiger partial charge in [-0.15, -0.1) is 12.4 Å². The highest BCUT2D eigenvalue weighted by Gasteiger charge is 2.40. The smallest absolute Gasteiger partial charge is 0.319 e. The van der Waals surface area contributed by atoms with Gasteiger partial charge in [0.15, 0.2) is 0 Å². The zero-order valence-electron chi connectivity index (χ0n) is 17.9. The minimum atomic E-state index is -0.327. The van der Waals surface area contributed by atoms with Crippen LogP contribution in [-0.2, 0) is 0 Å². The number of nitrogens with two attached hydrogens (primary N) is 1. The van der Waals surface area contributed by atoms with E-state index < -0.39 is 0 Å². The molecular formula is C22H35ClN4O2. The van der Waals surface area contributed by atoms with Crippen molar-refractivity contribution < 1.29 is 9.59 Å². The van der Waals surface area contributed by atoms with Crippen molar-refractivity contribution in [3.63, 3.8) is 0 Å². The second-order valence-corrected chi connectivity index (χ2v) is 9.54. The molecule has 2 aliphatic rings.